The maximum absolute atomic E-state index is 13.5. The van der Waals surface area contributed by atoms with E-state index >= 15 is 0 Å². The van der Waals surface area contributed by atoms with Gasteiger partial charge >= 0.3 is 0 Å². The van der Waals surface area contributed by atoms with Crippen LogP contribution in [-0.4, -0.2) is 12.6 Å². The predicted octanol–water partition coefficient (Wildman–Crippen LogP) is 3.40. The van der Waals surface area contributed by atoms with Crippen molar-refractivity contribution in [3.05, 3.63) is 29.6 Å². The Hall–Kier alpha value is -1.60. The smallest absolute Gasteiger partial charge is 0.127 e. The van der Waals surface area contributed by atoms with Crippen molar-refractivity contribution in [3.63, 3.8) is 0 Å². The van der Waals surface area contributed by atoms with Crippen LogP contribution in [0.1, 0.15) is 38.7 Å². The van der Waals surface area contributed by atoms with Crippen LogP contribution in [0.3, 0.4) is 0 Å². The van der Waals surface area contributed by atoms with E-state index in [0.29, 0.717) is 31.4 Å². The second kappa shape index (κ2) is 6.23. The van der Waals surface area contributed by atoms with Crippen LogP contribution >= 0.6 is 0 Å². The molecule has 0 aliphatic heterocycles. The molecule has 108 valence electrons. The van der Waals surface area contributed by atoms with E-state index in [2.05, 4.69) is 11.4 Å². The number of nitrogens with zero attached hydrogens (tertiary/aromatic N) is 1. The number of nitrogens with one attached hydrogen (secondary N) is 1. The largest absolute Gasteiger partial charge is 0.493 e. The van der Waals surface area contributed by atoms with Crippen molar-refractivity contribution < 1.29 is 9.13 Å². The molecule has 0 bridgehead atoms. The predicted molar refractivity (Wildman–Crippen MR) is 75.8 cm³/mol. The molecule has 2 rings (SSSR count). The molecular weight excluding hydrogens is 255 g/mol. The zero-order chi connectivity index (χ0) is 14.6. The van der Waals surface area contributed by atoms with Gasteiger partial charge in [0.15, 0.2) is 0 Å². The van der Waals surface area contributed by atoms with Gasteiger partial charge in [0.25, 0.3) is 0 Å². The first-order valence-corrected chi connectivity index (χ1v) is 7.05. The number of nitriles is 1. The molecule has 0 radical (unpaired) electrons. The standard InChI is InChI=1S/C16H21FN2O/c1-16(2,11-18)5-6-20-15-8-12(7-13(17)9-15)10-19-14-3-4-14/h7-9,14,19H,3-6,10H2,1-2H3. The van der Waals surface area contributed by atoms with Crippen molar-refractivity contribution in [1.29, 1.82) is 5.26 Å². The highest BCUT2D eigenvalue weighted by atomic mass is 19.1. The maximum Gasteiger partial charge on any atom is 0.127 e. The third-order valence-electron chi connectivity index (χ3n) is 3.40. The van der Waals surface area contributed by atoms with Gasteiger partial charge in [-0.2, -0.15) is 5.26 Å². The van der Waals surface area contributed by atoms with Crippen molar-refractivity contribution >= 4 is 0 Å². The molecule has 0 heterocycles. The van der Waals surface area contributed by atoms with Crippen LogP contribution in [0, 0.1) is 22.6 Å². The van der Waals surface area contributed by atoms with Crippen LogP contribution in [-0.2, 0) is 6.54 Å². The van der Waals surface area contributed by atoms with Crippen LogP contribution < -0.4 is 10.1 Å². The normalized spacial score (nSPS) is 14.9. The molecule has 20 heavy (non-hydrogen) atoms. The van der Waals surface area contributed by atoms with Crippen LogP contribution in [0.4, 0.5) is 4.39 Å². The Morgan fingerprint density at radius 2 is 2.15 bits per heavy atom. The minimum absolute atomic E-state index is 0.283. The van der Waals surface area contributed by atoms with Crippen LogP contribution in [0.2, 0.25) is 0 Å². The zero-order valence-electron chi connectivity index (χ0n) is 12.1. The average molecular weight is 276 g/mol. The molecular formula is C16H21FN2O. The van der Waals surface area contributed by atoms with Gasteiger partial charge in [-0.15, -0.1) is 0 Å². The minimum atomic E-state index is -0.413. The molecule has 0 unspecified atom stereocenters. The van der Waals surface area contributed by atoms with Crippen molar-refractivity contribution in [1.82, 2.24) is 5.32 Å². The number of rotatable bonds is 7. The molecule has 1 fully saturated rings. The lowest BCUT2D eigenvalue weighted by atomic mass is 9.92. The van der Waals surface area contributed by atoms with Gasteiger partial charge in [0, 0.05) is 18.7 Å². The summed E-state index contributed by atoms with van der Waals surface area (Å²) in [6.45, 7) is 4.82. The van der Waals surface area contributed by atoms with Crippen molar-refractivity contribution in [3.8, 4) is 11.8 Å². The molecule has 1 N–H and O–H groups in total. The Balaban J connectivity index is 1.88. The van der Waals surface area contributed by atoms with E-state index in [9.17, 15) is 4.39 Å². The van der Waals surface area contributed by atoms with Gasteiger partial charge in [-0.05, 0) is 50.8 Å². The van der Waals surface area contributed by atoms with Gasteiger partial charge in [-0.1, -0.05) is 0 Å². The Morgan fingerprint density at radius 1 is 1.40 bits per heavy atom. The number of halogens is 1. The SMILES string of the molecule is CC(C)(C#N)CCOc1cc(F)cc(CNC2CC2)c1. The summed E-state index contributed by atoms with van der Waals surface area (Å²) in [4.78, 5) is 0. The highest BCUT2D eigenvalue weighted by Crippen LogP contribution is 2.23. The minimum Gasteiger partial charge on any atom is -0.493 e. The molecule has 1 aliphatic carbocycles. The topological polar surface area (TPSA) is 45.0 Å². The fraction of sp³-hybridized carbons (Fsp3) is 0.562. The Bertz CT molecular complexity index is 504. The molecule has 0 saturated heterocycles. The van der Waals surface area contributed by atoms with Crippen LogP contribution in [0.15, 0.2) is 18.2 Å². The van der Waals surface area contributed by atoms with E-state index in [-0.39, 0.29) is 5.82 Å². The van der Waals surface area contributed by atoms with E-state index in [4.69, 9.17) is 10.00 Å². The second-order valence-corrected chi connectivity index (χ2v) is 6.04. The fourth-order valence-corrected chi connectivity index (χ4v) is 1.84. The fourth-order valence-electron chi connectivity index (χ4n) is 1.84. The summed E-state index contributed by atoms with van der Waals surface area (Å²) < 4.78 is 19.1. The highest BCUT2D eigenvalue weighted by Gasteiger charge is 2.20. The van der Waals surface area contributed by atoms with E-state index in [1.54, 1.807) is 0 Å². The summed E-state index contributed by atoms with van der Waals surface area (Å²) in [6.07, 6.45) is 3.04. The first-order chi connectivity index (χ1) is 9.48. The van der Waals surface area contributed by atoms with E-state index in [1.807, 2.05) is 19.9 Å². The van der Waals surface area contributed by atoms with Crippen LogP contribution in [0.25, 0.3) is 0 Å². The molecule has 1 aromatic rings. The zero-order valence-corrected chi connectivity index (χ0v) is 12.1. The molecule has 3 nitrogen and oxygen atoms in total. The van der Waals surface area contributed by atoms with Gasteiger partial charge < -0.3 is 10.1 Å². The highest BCUT2D eigenvalue weighted by molar-refractivity contribution is 5.29. The molecule has 4 heteroatoms. The number of ether oxygens (including phenoxy) is 1. The quantitative estimate of drug-likeness (QED) is 0.830. The Morgan fingerprint density at radius 3 is 2.80 bits per heavy atom. The van der Waals surface area contributed by atoms with Gasteiger partial charge in [-0.3, -0.25) is 0 Å². The molecule has 1 saturated carbocycles. The monoisotopic (exact) mass is 276 g/mol. The molecule has 0 atom stereocenters. The summed E-state index contributed by atoms with van der Waals surface area (Å²) >= 11 is 0. The lowest BCUT2D eigenvalue weighted by Crippen LogP contribution is -2.16. The summed E-state index contributed by atoms with van der Waals surface area (Å²) in [7, 11) is 0. The molecule has 0 spiro atoms. The second-order valence-electron chi connectivity index (χ2n) is 6.04. The summed E-state index contributed by atoms with van der Waals surface area (Å²) in [5.41, 5.74) is 0.482. The molecule has 0 aromatic heterocycles. The van der Waals surface area contributed by atoms with Gasteiger partial charge in [0.05, 0.1) is 18.1 Å². The summed E-state index contributed by atoms with van der Waals surface area (Å²) in [5, 5.41) is 12.3. The van der Waals surface area contributed by atoms with Crippen molar-refractivity contribution in [2.45, 2.75) is 45.7 Å². The summed E-state index contributed by atoms with van der Waals surface area (Å²) in [6, 6.07) is 7.60. The molecule has 0 amide bonds. The first kappa shape index (κ1) is 14.8. The van der Waals surface area contributed by atoms with E-state index in [1.165, 1.54) is 25.0 Å². The Kier molecular flexibility index (Phi) is 4.61. The average Bonchev–Trinajstić information content (AvgIpc) is 3.20. The summed E-state index contributed by atoms with van der Waals surface area (Å²) in [5.74, 6) is 0.251. The first-order valence-electron chi connectivity index (χ1n) is 7.05. The van der Waals surface area contributed by atoms with Crippen molar-refractivity contribution in [2.24, 2.45) is 5.41 Å². The Labute approximate surface area is 119 Å². The number of benzene rings is 1. The van der Waals surface area contributed by atoms with Gasteiger partial charge in [-0.25, -0.2) is 4.39 Å². The maximum atomic E-state index is 13.5. The van der Waals surface area contributed by atoms with Crippen molar-refractivity contribution in [2.75, 3.05) is 6.61 Å². The third-order valence-corrected chi connectivity index (χ3v) is 3.40. The lowest BCUT2D eigenvalue weighted by Gasteiger charge is -2.15. The van der Waals surface area contributed by atoms with E-state index < -0.39 is 5.41 Å². The van der Waals surface area contributed by atoms with Gasteiger partial charge in [0.2, 0.25) is 0 Å². The lowest BCUT2D eigenvalue weighted by molar-refractivity contribution is 0.263. The molecule has 1 aliphatic rings. The third kappa shape index (κ3) is 4.82. The number of hydrogen-bond donors (Lipinski definition) is 1. The number of hydrogen-bond acceptors (Lipinski definition) is 3. The van der Waals surface area contributed by atoms with Crippen LogP contribution in [0.5, 0.6) is 5.75 Å². The molecule has 1 aromatic carbocycles. The van der Waals surface area contributed by atoms with Gasteiger partial charge in [0.1, 0.15) is 11.6 Å². The van der Waals surface area contributed by atoms with E-state index in [0.717, 1.165) is 5.56 Å².